The van der Waals surface area contributed by atoms with Crippen LogP contribution in [0.25, 0.3) is 0 Å². The molecular formula is C21H26N2O2S. The summed E-state index contributed by atoms with van der Waals surface area (Å²) in [6, 6.07) is 13.3. The number of amides is 2. The third kappa shape index (κ3) is 5.36. The predicted octanol–water partition coefficient (Wildman–Crippen LogP) is 4.38. The van der Waals surface area contributed by atoms with Crippen LogP contribution in [0.5, 0.6) is 0 Å². The number of hydrogen-bond donors (Lipinski definition) is 2. The number of carbonyl (C=O) groups is 2. The minimum absolute atomic E-state index is 0.0664. The molecule has 0 radical (unpaired) electrons. The van der Waals surface area contributed by atoms with Gasteiger partial charge in [0.25, 0.3) is 5.91 Å². The predicted molar refractivity (Wildman–Crippen MR) is 109 cm³/mol. The molecule has 0 saturated carbocycles. The molecule has 0 bridgehead atoms. The van der Waals surface area contributed by atoms with Gasteiger partial charge in [0.1, 0.15) is 0 Å². The number of rotatable bonds is 5. The molecule has 0 fully saturated rings. The Bertz CT molecular complexity index is 793. The zero-order valence-electron chi connectivity index (χ0n) is 16.0. The molecule has 0 aliphatic rings. The maximum absolute atomic E-state index is 12.2. The monoisotopic (exact) mass is 370 g/mol. The highest BCUT2D eigenvalue weighted by Gasteiger charge is 2.15. The largest absolute Gasteiger partial charge is 0.355 e. The van der Waals surface area contributed by atoms with Gasteiger partial charge < -0.3 is 10.6 Å². The van der Waals surface area contributed by atoms with Crippen molar-refractivity contribution in [3.8, 4) is 0 Å². The summed E-state index contributed by atoms with van der Waals surface area (Å²) in [5.41, 5.74) is 3.76. The van der Waals surface area contributed by atoms with Crippen molar-refractivity contribution in [3.05, 3.63) is 59.2 Å². The van der Waals surface area contributed by atoms with E-state index in [1.807, 2.05) is 0 Å². The summed E-state index contributed by atoms with van der Waals surface area (Å²) in [7, 11) is 1.59. The molecule has 2 rings (SSSR count). The van der Waals surface area contributed by atoms with Gasteiger partial charge in [0.2, 0.25) is 5.91 Å². The van der Waals surface area contributed by atoms with E-state index in [1.165, 1.54) is 11.1 Å². The van der Waals surface area contributed by atoms with Crippen molar-refractivity contribution in [3.63, 3.8) is 0 Å². The lowest BCUT2D eigenvalue weighted by molar-refractivity contribution is -0.113. The van der Waals surface area contributed by atoms with Crippen LogP contribution in [0.4, 0.5) is 5.69 Å². The molecular weight excluding hydrogens is 344 g/mol. The summed E-state index contributed by atoms with van der Waals surface area (Å²) in [5, 5.41) is 5.44. The summed E-state index contributed by atoms with van der Waals surface area (Å²) in [4.78, 5) is 24.9. The third-order valence-corrected chi connectivity index (χ3v) is 5.23. The van der Waals surface area contributed by atoms with Gasteiger partial charge in [0, 0.05) is 23.2 Å². The molecule has 0 aromatic heterocycles. The minimum Gasteiger partial charge on any atom is -0.355 e. The summed E-state index contributed by atoms with van der Waals surface area (Å²) >= 11 is 1.54. The fourth-order valence-corrected chi connectivity index (χ4v) is 3.28. The molecule has 0 unspecified atom stereocenters. The van der Waals surface area contributed by atoms with Crippen molar-refractivity contribution in [1.82, 2.24) is 5.32 Å². The number of carbonyl (C=O) groups excluding carboxylic acids is 2. The van der Waals surface area contributed by atoms with Crippen molar-refractivity contribution in [1.29, 1.82) is 0 Å². The van der Waals surface area contributed by atoms with E-state index in [9.17, 15) is 9.59 Å². The molecule has 2 amide bonds. The first-order valence-corrected chi connectivity index (χ1v) is 9.55. The van der Waals surface area contributed by atoms with E-state index in [4.69, 9.17) is 0 Å². The van der Waals surface area contributed by atoms with Gasteiger partial charge in [0.15, 0.2) is 0 Å². The molecule has 0 heterocycles. The SMILES string of the molecule is CNC(=O)c1ccc(NC(=O)CSc2cc(C(C)(C)C)ccc2C)cc1. The molecule has 0 aliphatic heterocycles. The third-order valence-electron chi connectivity index (χ3n) is 4.07. The van der Waals surface area contributed by atoms with Crippen LogP contribution < -0.4 is 10.6 Å². The number of aryl methyl sites for hydroxylation is 1. The molecule has 5 heteroatoms. The van der Waals surface area contributed by atoms with Crippen LogP contribution in [0.2, 0.25) is 0 Å². The molecule has 2 N–H and O–H groups in total. The van der Waals surface area contributed by atoms with E-state index < -0.39 is 0 Å². The van der Waals surface area contributed by atoms with Crippen LogP contribution in [0.1, 0.15) is 42.3 Å². The summed E-state index contributed by atoms with van der Waals surface area (Å²) in [6.45, 7) is 8.61. The van der Waals surface area contributed by atoms with Crippen molar-refractivity contribution in [2.75, 3.05) is 18.1 Å². The van der Waals surface area contributed by atoms with Crippen molar-refractivity contribution in [2.24, 2.45) is 0 Å². The number of anilines is 1. The lowest BCUT2D eigenvalue weighted by Crippen LogP contribution is -2.18. The number of benzene rings is 2. The van der Waals surface area contributed by atoms with Gasteiger partial charge in [-0.05, 0) is 53.8 Å². The first kappa shape index (κ1) is 20.0. The average Bonchev–Trinajstić information content (AvgIpc) is 2.60. The molecule has 0 aliphatic carbocycles. The van der Waals surface area contributed by atoms with E-state index in [1.54, 1.807) is 43.1 Å². The maximum Gasteiger partial charge on any atom is 0.251 e. The van der Waals surface area contributed by atoms with Gasteiger partial charge >= 0.3 is 0 Å². The quantitative estimate of drug-likeness (QED) is 0.768. The standard InChI is InChI=1S/C21H26N2O2S/c1-14-6-9-16(21(2,3)4)12-18(14)26-13-19(24)23-17-10-7-15(8-11-17)20(25)22-5/h6-12H,13H2,1-5H3,(H,22,25)(H,23,24). The van der Waals surface area contributed by atoms with Gasteiger partial charge in [-0.2, -0.15) is 0 Å². The van der Waals surface area contributed by atoms with Crippen molar-refractivity contribution < 1.29 is 9.59 Å². The highest BCUT2D eigenvalue weighted by molar-refractivity contribution is 8.00. The van der Waals surface area contributed by atoms with Gasteiger partial charge in [0.05, 0.1) is 5.75 Å². The molecule has 0 atom stereocenters. The number of hydrogen-bond acceptors (Lipinski definition) is 3. The Morgan fingerprint density at radius 3 is 2.27 bits per heavy atom. The lowest BCUT2D eigenvalue weighted by Gasteiger charge is -2.20. The Morgan fingerprint density at radius 1 is 1.04 bits per heavy atom. The zero-order valence-corrected chi connectivity index (χ0v) is 16.8. The Hall–Kier alpha value is -2.27. The second-order valence-electron chi connectivity index (χ2n) is 7.22. The second-order valence-corrected chi connectivity index (χ2v) is 8.24. The topological polar surface area (TPSA) is 58.2 Å². The number of nitrogens with one attached hydrogen (secondary N) is 2. The molecule has 138 valence electrons. The molecule has 2 aromatic rings. The number of thioether (sulfide) groups is 1. The normalized spacial score (nSPS) is 11.1. The second kappa shape index (κ2) is 8.41. The van der Waals surface area contributed by atoms with Crippen LogP contribution in [0.3, 0.4) is 0 Å². The van der Waals surface area contributed by atoms with E-state index in [-0.39, 0.29) is 17.2 Å². The van der Waals surface area contributed by atoms with Crippen LogP contribution in [-0.4, -0.2) is 24.6 Å². The highest BCUT2D eigenvalue weighted by Crippen LogP contribution is 2.29. The molecule has 4 nitrogen and oxygen atoms in total. The Kier molecular flexibility index (Phi) is 6.48. The molecule has 26 heavy (non-hydrogen) atoms. The fraction of sp³-hybridized carbons (Fsp3) is 0.333. The van der Waals surface area contributed by atoms with Gasteiger partial charge in [-0.1, -0.05) is 32.9 Å². The summed E-state index contributed by atoms with van der Waals surface area (Å²) in [5.74, 6) is 0.127. The molecule has 0 spiro atoms. The first-order valence-electron chi connectivity index (χ1n) is 8.56. The minimum atomic E-state index is -0.146. The van der Waals surface area contributed by atoms with E-state index >= 15 is 0 Å². The van der Waals surface area contributed by atoms with Crippen molar-refractivity contribution >= 4 is 29.3 Å². The Morgan fingerprint density at radius 2 is 1.69 bits per heavy atom. The van der Waals surface area contributed by atoms with Gasteiger partial charge in [-0.25, -0.2) is 0 Å². The van der Waals surface area contributed by atoms with E-state index in [0.29, 0.717) is 17.0 Å². The fourth-order valence-electron chi connectivity index (χ4n) is 2.41. The van der Waals surface area contributed by atoms with Crippen LogP contribution in [0.15, 0.2) is 47.4 Å². The van der Waals surface area contributed by atoms with Crippen LogP contribution in [-0.2, 0) is 10.2 Å². The van der Waals surface area contributed by atoms with Crippen molar-refractivity contribution in [2.45, 2.75) is 38.0 Å². The molecule has 2 aromatic carbocycles. The summed E-state index contributed by atoms with van der Waals surface area (Å²) < 4.78 is 0. The smallest absolute Gasteiger partial charge is 0.251 e. The maximum atomic E-state index is 12.2. The van der Waals surface area contributed by atoms with Gasteiger partial charge in [-0.15, -0.1) is 11.8 Å². The van der Waals surface area contributed by atoms with Crippen LogP contribution >= 0.6 is 11.8 Å². The highest BCUT2D eigenvalue weighted by atomic mass is 32.2. The van der Waals surface area contributed by atoms with E-state index in [2.05, 4.69) is 56.5 Å². The van der Waals surface area contributed by atoms with Crippen LogP contribution in [0, 0.1) is 6.92 Å². The average molecular weight is 371 g/mol. The molecule has 0 saturated heterocycles. The van der Waals surface area contributed by atoms with Gasteiger partial charge in [-0.3, -0.25) is 9.59 Å². The Balaban J connectivity index is 1.98. The lowest BCUT2D eigenvalue weighted by atomic mass is 9.87. The zero-order chi connectivity index (χ0) is 19.3. The first-order chi connectivity index (χ1) is 12.2. The van der Waals surface area contributed by atoms with E-state index in [0.717, 1.165) is 4.90 Å². The Labute approximate surface area is 159 Å². The summed E-state index contributed by atoms with van der Waals surface area (Å²) in [6.07, 6.45) is 0.